The van der Waals surface area contributed by atoms with Gasteiger partial charge in [0.25, 0.3) is 0 Å². The number of amides is 2. The van der Waals surface area contributed by atoms with Crippen molar-refractivity contribution in [2.75, 3.05) is 17.7 Å². The molecule has 0 radical (unpaired) electrons. The molecule has 11 nitrogen and oxygen atoms in total. The van der Waals surface area contributed by atoms with Crippen LogP contribution in [0.5, 0.6) is 0 Å². The fourth-order valence-electron chi connectivity index (χ4n) is 4.48. The zero-order valence-corrected chi connectivity index (χ0v) is 27.0. The summed E-state index contributed by atoms with van der Waals surface area (Å²) in [6.45, 7) is 5.86. The molecule has 4 aromatic rings. The molecule has 0 saturated heterocycles. The Balaban J connectivity index is 1.15. The van der Waals surface area contributed by atoms with E-state index in [9.17, 15) is 14.7 Å². The topological polar surface area (TPSA) is 142 Å². The van der Waals surface area contributed by atoms with Crippen molar-refractivity contribution >= 4 is 34.3 Å². The molecular weight excluding hydrogens is 590 g/mol. The van der Waals surface area contributed by atoms with Crippen LogP contribution in [0.15, 0.2) is 66.7 Å². The van der Waals surface area contributed by atoms with E-state index in [4.69, 9.17) is 4.74 Å². The van der Waals surface area contributed by atoms with Gasteiger partial charge in [0.05, 0.1) is 12.1 Å². The van der Waals surface area contributed by atoms with Crippen molar-refractivity contribution < 1.29 is 19.4 Å². The molecule has 45 heavy (non-hydrogen) atoms. The van der Waals surface area contributed by atoms with Crippen molar-refractivity contribution in [3.8, 4) is 0 Å². The van der Waals surface area contributed by atoms with Crippen LogP contribution in [0.4, 0.5) is 15.7 Å². The van der Waals surface area contributed by atoms with Crippen LogP contribution in [0, 0.1) is 0 Å². The van der Waals surface area contributed by atoms with Gasteiger partial charge in [-0.3, -0.25) is 4.79 Å². The molecule has 1 unspecified atom stereocenters. The second-order valence-corrected chi connectivity index (χ2v) is 12.9. The second-order valence-electron chi connectivity index (χ2n) is 11.8. The number of aryl methyl sites for hydroxylation is 2. The Kier molecular flexibility index (Phi) is 11.9. The minimum atomic E-state index is -0.746. The zero-order chi connectivity index (χ0) is 32.2. The van der Waals surface area contributed by atoms with E-state index in [0.717, 1.165) is 53.1 Å². The number of benzene rings is 2. The Labute approximate surface area is 268 Å². The summed E-state index contributed by atoms with van der Waals surface area (Å²) in [5.41, 5.74) is 3.09. The Morgan fingerprint density at radius 3 is 2.38 bits per heavy atom. The smallest absolute Gasteiger partial charge is 0.410 e. The van der Waals surface area contributed by atoms with Crippen LogP contribution in [-0.2, 0) is 41.8 Å². The summed E-state index contributed by atoms with van der Waals surface area (Å²) in [6.07, 6.45) is 2.83. The van der Waals surface area contributed by atoms with Gasteiger partial charge in [0.2, 0.25) is 11.0 Å². The molecule has 0 saturated carbocycles. The third kappa shape index (κ3) is 11.9. The molecule has 0 spiro atoms. The van der Waals surface area contributed by atoms with E-state index >= 15 is 0 Å². The van der Waals surface area contributed by atoms with Gasteiger partial charge in [0.1, 0.15) is 16.8 Å². The van der Waals surface area contributed by atoms with Crippen molar-refractivity contribution in [1.29, 1.82) is 0 Å². The highest BCUT2D eigenvalue weighted by Crippen LogP contribution is 2.19. The van der Waals surface area contributed by atoms with Crippen molar-refractivity contribution in [3.05, 3.63) is 94.1 Å². The maximum atomic E-state index is 12.7. The van der Waals surface area contributed by atoms with Gasteiger partial charge in [-0.2, -0.15) is 5.10 Å². The average molecular weight is 632 g/mol. The molecule has 2 amide bonds. The van der Waals surface area contributed by atoms with Crippen LogP contribution in [0.3, 0.4) is 0 Å². The first-order valence-corrected chi connectivity index (χ1v) is 15.8. The summed E-state index contributed by atoms with van der Waals surface area (Å²) in [6, 6.07) is 21.1. The number of rotatable bonds is 14. The van der Waals surface area contributed by atoms with E-state index < -0.39 is 17.9 Å². The molecule has 1 atom stereocenters. The molecular formula is C33H41N7O4S. The van der Waals surface area contributed by atoms with Gasteiger partial charge in [-0.15, -0.1) is 15.3 Å². The lowest BCUT2D eigenvalue weighted by Gasteiger charge is -2.24. The Morgan fingerprint density at radius 1 is 0.911 bits per heavy atom. The van der Waals surface area contributed by atoms with Crippen LogP contribution in [-0.4, -0.2) is 61.3 Å². The number of aromatic nitrogens is 4. The molecule has 0 aliphatic carbocycles. The highest BCUT2D eigenvalue weighted by Gasteiger charge is 2.20. The van der Waals surface area contributed by atoms with Gasteiger partial charge in [-0.05, 0) is 68.9 Å². The Bertz CT molecular complexity index is 1520. The lowest BCUT2D eigenvalue weighted by Crippen LogP contribution is -2.33. The fourth-order valence-corrected chi connectivity index (χ4v) is 5.28. The number of aliphatic hydroxyl groups excluding tert-OH is 1. The van der Waals surface area contributed by atoms with Crippen molar-refractivity contribution in [2.24, 2.45) is 0 Å². The summed E-state index contributed by atoms with van der Waals surface area (Å²) in [7, 11) is 1.69. The molecule has 3 N–H and O–H groups in total. The van der Waals surface area contributed by atoms with Gasteiger partial charge in [-0.1, -0.05) is 65.9 Å². The zero-order valence-electron chi connectivity index (χ0n) is 26.2. The summed E-state index contributed by atoms with van der Waals surface area (Å²) in [4.78, 5) is 26.5. The number of unbranched alkanes of at least 4 members (excludes halogenated alkanes) is 1. The number of hydrogen-bond acceptors (Lipinski definition) is 10. The normalized spacial score (nSPS) is 11.9. The molecule has 238 valence electrons. The summed E-state index contributed by atoms with van der Waals surface area (Å²) >= 11 is 1.37. The number of hydrogen-bond donors (Lipinski definition) is 3. The molecule has 0 aliphatic heterocycles. The molecule has 12 heteroatoms. The fraction of sp³-hybridized carbons (Fsp3) is 0.394. The summed E-state index contributed by atoms with van der Waals surface area (Å²) in [5.74, 6) is 0.351. The molecule has 2 heterocycles. The van der Waals surface area contributed by atoms with Crippen molar-refractivity contribution in [1.82, 2.24) is 25.3 Å². The average Bonchev–Trinajstić information content (AvgIpc) is 3.42. The third-order valence-electron chi connectivity index (χ3n) is 6.57. The number of aliphatic hydroxyl groups is 1. The number of carbonyl (C=O) groups is 2. The van der Waals surface area contributed by atoms with Crippen LogP contribution < -0.4 is 10.6 Å². The molecule has 2 aromatic heterocycles. The van der Waals surface area contributed by atoms with Crippen LogP contribution in [0.25, 0.3) is 0 Å². The van der Waals surface area contributed by atoms with Gasteiger partial charge in [0, 0.05) is 26.4 Å². The number of nitrogens with one attached hydrogen (secondary N) is 2. The van der Waals surface area contributed by atoms with E-state index in [1.54, 1.807) is 7.05 Å². The van der Waals surface area contributed by atoms with Gasteiger partial charge < -0.3 is 25.4 Å². The van der Waals surface area contributed by atoms with Crippen molar-refractivity contribution in [3.63, 3.8) is 0 Å². The Hall–Kier alpha value is -4.42. The summed E-state index contributed by atoms with van der Waals surface area (Å²) in [5, 5.41) is 34.2. The summed E-state index contributed by atoms with van der Waals surface area (Å²) < 4.78 is 5.41. The molecule has 2 aromatic carbocycles. The second kappa shape index (κ2) is 16.1. The minimum Gasteiger partial charge on any atom is -0.444 e. The van der Waals surface area contributed by atoms with E-state index in [-0.39, 0.29) is 12.3 Å². The first kappa shape index (κ1) is 33.5. The van der Waals surface area contributed by atoms with Crippen LogP contribution >= 0.6 is 11.3 Å². The van der Waals surface area contributed by atoms with E-state index in [1.165, 1.54) is 16.2 Å². The van der Waals surface area contributed by atoms with E-state index in [2.05, 4.69) is 31.0 Å². The molecule has 0 bridgehead atoms. The highest BCUT2D eigenvalue weighted by atomic mass is 32.1. The highest BCUT2D eigenvalue weighted by molar-refractivity contribution is 7.15. The Morgan fingerprint density at radius 2 is 1.64 bits per heavy atom. The predicted molar refractivity (Wildman–Crippen MR) is 175 cm³/mol. The third-order valence-corrected chi connectivity index (χ3v) is 7.47. The van der Waals surface area contributed by atoms with Gasteiger partial charge in [-0.25, -0.2) is 4.79 Å². The number of ether oxygens (including phenoxy) is 1. The number of nitrogens with zero attached hydrogens (tertiary/aromatic N) is 5. The lowest BCUT2D eigenvalue weighted by molar-refractivity contribution is -0.115. The van der Waals surface area contributed by atoms with E-state index in [1.807, 2.05) is 87.5 Å². The SMILES string of the molecule is CN(Cc1cccc(CC(=O)Nc2nnc(CCCCc3ccc(NC(O)Cc4ccccc4)nn3)s2)c1)C(=O)OC(C)(C)C. The monoisotopic (exact) mass is 631 g/mol. The van der Waals surface area contributed by atoms with Gasteiger partial charge >= 0.3 is 6.09 Å². The quantitative estimate of drug-likeness (QED) is 0.123. The molecule has 0 fully saturated rings. The van der Waals surface area contributed by atoms with Gasteiger partial charge in [0.15, 0.2) is 5.82 Å². The first-order chi connectivity index (χ1) is 21.5. The molecule has 4 rings (SSSR count). The predicted octanol–water partition coefficient (Wildman–Crippen LogP) is 5.41. The lowest BCUT2D eigenvalue weighted by atomic mass is 10.1. The number of anilines is 2. The standard InChI is InChI=1S/C33H41N7O4S/c1-33(2,3)44-32(43)40(4)22-25-14-10-13-24(19-25)21-29(42)35-31-39-38-30(45-31)16-9-8-15-26-17-18-27(37-36-26)34-28(41)20-23-11-6-5-7-12-23/h5-7,10-14,17-19,28,41H,8-9,15-16,20-22H2,1-4H3,(H,34,37)(H,35,39,42). The van der Waals surface area contributed by atoms with Crippen molar-refractivity contribution in [2.45, 2.75) is 77.7 Å². The molecule has 0 aliphatic rings. The maximum absolute atomic E-state index is 12.7. The van der Waals surface area contributed by atoms with Crippen LogP contribution in [0.2, 0.25) is 0 Å². The minimum absolute atomic E-state index is 0.181. The number of carbonyl (C=O) groups excluding carboxylic acids is 2. The van der Waals surface area contributed by atoms with E-state index in [0.29, 0.717) is 23.9 Å². The maximum Gasteiger partial charge on any atom is 0.410 e. The first-order valence-electron chi connectivity index (χ1n) is 15.0. The van der Waals surface area contributed by atoms with Crippen LogP contribution in [0.1, 0.15) is 61.0 Å². The largest absolute Gasteiger partial charge is 0.444 e.